The summed E-state index contributed by atoms with van der Waals surface area (Å²) in [5.74, 6) is 0.850. The van der Waals surface area contributed by atoms with Crippen LogP contribution in [0.4, 0.5) is 5.69 Å². The van der Waals surface area contributed by atoms with Gasteiger partial charge in [-0.3, -0.25) is 4.79 Å². The third-order valence-electron chi connectivity index (χ3n) is 3.75. The van der Waals surface area contributed by atoms with Gasteiger partial charge in [-0.2, -0.15) is 0 Å². The zero-order valence-electron chi connectivity index (χ0n) is 13.7. The molecule has 0 fully saturated rings. The van der Waals surface area contributed by atoms with Gasteiger partial charge in [-0.25, -0.2) is 4.68 Å². The lowest BCUT2D eigenvalue weighted by Crippen LogP contribution is -2.14. The number of hydrogen-bond acceptors (Lipinski definition) is 6. The number of carbonyl (C=O) groups excluding carboxylic acids is 1. The Hall–Kier alpha value is -3.13. The van der Waals surface area contributed by atoms with Crippen molar-refractivity contribution in [2.75, 3.05) is 11.1 Å². The molecule has 7 nitrogen and oxygen atoms in total. The molecule has 2 heterocycles. The second kappa shape index (κ2) is 7.40. The van der Waals surface area contributed by atoms with Crippen molar-refractivity contribution in [3.63, 3.8) is 0 Å². The van der Waals surface area contributed by atoms with Gasteiger partial charge in [0.1, 0.15) is 12.3 Å². The standard InChI is InChI=1S/C18H15N5O2S/c24-17(19-15-8-7-13-4-1-2-5-14(13)10-15)12-26-18-20-21-22-23(18)11-16-6-3-9-25-16/h1-10H,11-12H2,(H,19,24). The van der Waals surface area contributed by atoms with Crippen molar-refractivity contribution in [2.45, 2.75) is 11.7 Å². The van der Waals surface area contributed by atoms with Gasteiger partial charge in [0.25, 0.3) is 0 Å². The molecule has 4 aromatic rings. The largest absolute Gasteiger partial charge is 0.467 e. The molecule has 0 atom stereocenters. The summed E-state index contributed by atoms with van der Waals surface area (Å²) in [6.07, 6.45) is 1.60. The second-order valence-corrected chi connectivity index (χ2v) is 6.54. The van der Waals surface area contributed by atoms with Crippen LogP contribution in [0.1, 0.15) is 5.76 Å². The maximum atomic E-state index is 12.2. The van der Waals surface area contributed by atoms with E-state index in [1.54, 1.807) is 10.9 Å². The van der Waals surface area contributed by atoms with Crippen molar-refractivity contribution in [2.24, 2.45) is 0 Å². The molecule has 130 valence electrons. The van der Waals surface area contributed by atoms with Crippen molar-refractivity contribution >= 4 is 34.1 Å². The van der Waals surface area contributed by atoms with Crippen molar-refractivity contribution < 1.29 is 9.21 Å². The van der Waals surface area contributed by atoms with Crippen LogP contribution >= 0.6 is 11.8 Å². The van der Waals surface area contributed by atoms with E-state index in [-0.39, 0.29) is 11.7 Å². The smallest absolute Gasteiger partial charge is 0.234 e. The molecule has 0 radical (unpaired) electrons. The highest BCUT2D eigenvalue weighted by molar-refractivity contribution is 7.99. The van der Waals surface area contributed by atoms with Gasteiger partial charge in [0.2, 0.25) is 11.1 Å². The Morgan fingerprint density at radius 3 is 2.85 bits per heavy atom. The van der Waals surface area contributed by atoms with E-state index >= 15 is 0 Å². The molecule has 1 amide bonds. The van der Waals surface area contributed by atoms with E-state index in [4.69, 9.17) is 4.42 Å². The lowest BCUT2D eigenvalue weighted by molar-refractivity contribution is -0.113. The maximum Gasteiger partial charge on any atom is 0.234 e. The molecule has 1 N–H and O–H groups in total. The molecule has 2 aromatic carbocycles. The molecule has 0 saturated carbocycles. The fourth-order valence-corrected chi connectivity index (χ4v) is 3.22. The number of nitrogens with one attached hydrogen (secondary N) is 1. The molecule has 0 spiro atoms. The molecule has 0 aliphatic carbocycles. The topological polar surface area (TPSA) is 85.8 Å². The third-order valence-corrected chi connectivity index (χ3v) is 4.71. The summed E-state index contributed by atoms with van der Waals surface area (Å²) >= 11 is 1.28. The number of thioether (sulfide) groups is 1. The first kappa shape index (κ1) is 16.3. The number of benzene rings is 2. The first-order chi connectivity index (χ1) is 12.8. The Labute approximate surface area is 153 Å². The van der Waals surface area contributed by atoms with Crippen molar-refractivity contribution in [3.8, 4) is 0 Å². The van der Waals surface area contributed by atoms with Crippen LogP contribution in [-0.4, -0.2) is 31.9 Å². The van der Waals surface area contributed by atoms with Crippen LogP contribution in [0.25, 0.3) is 10.8 Å². The van der Waals surface area contributed by atoms with E-state index in [9.17, 15) is 4.79 Å². The number of anilines is 1. The minimum absolute atomic E-state index is 0.113. The quantitative estimate of drug-likeness (QED) is 0.528. The van der Waals surface area contributed by atoms with Crippen molar-refractivity contribution in [1.82, 2.24) is 20.2 Å². The number of aromatic nitrogens is 4. The van der Waals surface area contributed by atoms with Gasteiger partial charge in [0.05, 0.1) is 12.0 Å². The Bertz CT molecular complexity index is 1030. The Morgan fingerprint density at radius 1 is 1.12 bits per heavy atom. The molecule has 0 bridgehead atoms. The van der Waals surface area contributed by atoms with E-state index in [1.165, 1.54) is 11.8 Å². The van der Waals surface area contributed by atoms with Crippen molar-refractivity contribution in [1.29, 1.82) is 0 Å². The highest BCUT2D eigenvalue weighted by atomic mass is 32.2. The maximum absolute atomic E-state index is 12.2. The predicted octanol–water partition coefficient (Wildman–Crippen LogP) is 3.20. The van der Waals surface area contributed by atoms with Gasteiger partial charge in [-0.15, -0.1) is 5.10 Å². The van der Waals surface area contributed by atoms with Crippen LogP contribution in [0.15, 0.2) is 70.4 Å². The number of hydrogen-bond donors (Lipinski definition) is 1. The summed E-state index contributed by atoms with van der Waals surface area (Å²) < 4.78 is 6.90. The van der Waals surface area contributed by atoms with Gasteiger partial charge in [-0.1, -0.05) is 42.1 Å². The van der Waals surface area contributed by atoms with Crippen molar-refractivity contribution in [3.05, 3.63) is 66.6 Å². The SMILES string of the molecule is O=C(CSc1nnnn1Cc1ccco1)Nc1ccc2ccccc2c1. The molecule has 0 unspecified atom stereocenters. The average molecular weight is 365 g/mol. The molecular formula is C18H15N5O2S. The zero-order valence-corrected chi connectivity index (χ0v) is 14.5. The molecule has 0 aliphatic heterocycles. The average Bonchev–Trinajstić information content (AvgIpc) is 3.32. The molecule has 2 aromatic heterocycles. The van der Waals surface area contributed by atoms with Crippen LogP contribution in [-0.2, 0) is 11.3 Å². The fourth-order valence-electron chi connectivity index (χ4n) is 2.54. The fraction of sp³-hybridized carbons (Fsp3) is 0.111. The number of furan rings is 1. The molecular weight excluding hydrogens is 350 g/mol. The molecule has 0 aliphatic rings. The summed E-state index contributed by atoms with van der Waals surface area (Å²) in [5, 5.41) is 17.2. The van der Waals surface area contributed by atoms with Crippen LogP contribution in [0.2, 0.25) is 0 Å². The van der Waals surface area contributed by atoms with E-state index in [2.05, 4.69) is 20.8 Å². The summed E-state index contributed by atoms with van der Waals surface area (Å²) in [4.78, 5) is 12.2. The van der Waals surface area contributed by atoms with Crippen LogP contribution in [0.5, 0.6) is 0 Å². The number of rotatable bonds is 6. The third kappa shape index (κ3) is 3.75. The Kier molecular flexibility index (Phi) is 4.65. The second-order valence-electron chi connectivity index (χ2n) is 5.60. The number of carbonyl (C=O) groups is 1. The summed E-state index contributed by atoms with van der Waals surface area (Å²) in [6, 6.07) is 17.5. The number of nitrogens with zero attached hydrogens (tertiary/aromatic N) is 4. The Balaban J connectivity index is 1.37. The van der Waals surface area contributed by atoms with E-state index in [0.717, 1.165) is 22.2 Å². The van der Waals surface area contributed by atoms with Gasteiger partial charge in [0, 0.05) is 5.69 Å². The van der Waals surface area contributed by atoms with Gasteiger partial charge in [0.15, 0.2) is 0 Å². The summed E-state index contributed by atoms with van der Waals surface area (Å²) in [7, 11) is 0. The summed E-state index contributed by atoms with van der Waals surface area (Å²) in [6.45, 7) is 0.425. The number of amides is 1. The highest BCUT2D eigenvalue weighted by Gasteiger charge is 2.11. The van der Waals surface area contributed by atoms with E-state index < -0.39 is 0 Å². The lowest BCUT2D eigenvalue weighted by Gasteiger charge is -2.06. The van der Waals surface area contributed by atoms with Crippen LogP contribution in [0, 0.1) is 0 Å². The molecule has 26 heavy (non-hydrogen) atoms. The molecule has 4 rings (SSSR count). The first-order valence-electron chi connectivity index (χ1n) is 7.98. The zero-order chi connectivity index (χ0) is 17.8. The van der Waals surface area contributed by atoms with Crippen LogP contribution in [0.3, 0.4) is 0 Å². The predicted molar refractivity (Wildman–Crippen MR) is 98.9 cm³/mol. The highest BCUT2D eigenvalue weighted by Crippen LogP contribution is 2.20. The first-order valence-corrected chi connectivity index (χ1v) is 8.96. The summed E-state index contributed by atoms with van der Waals surface area (Å²) in [5.41, 5.74) is 0.768. The van der Waals surface area contributed by atoms with Crippen LogP contribution < -0.4 is 5.32 Å². The van der Waals surface area contributed by atoms with Gasteiger partial charge in [-0.05, 0) is 45.5 Å². The molecule has 0 saturated heterocycles. The number of tetrazole rings is 1. The van der Waals surface area contributed by atoms with Gasteiger partial charge >= 0.3 is 0 Å². The molecule has 8 heteroatoms. The van der Waals surface area contributed by atoms with E-state index in [1.807, 2.05) is 54.6 Å². The minimum atomic E-state index is -0.113. The van der Waals surface area contributed by atoms with E-state index in [0.29, 0.717) is 11.7 Å². The monoisotopic (exact) mass is 365 g/mol. The lowest BCUT2D eigenvalue weighted by atomic mass is 10.1. The van der Waals surface area contributed by atoms with Gasteiger partial charge < -0.3 is 9.73 Å². The minimum Gasteiger partial charge on any atom is -0.467 e. The Morgan fingerprint density at radius 2 is 2.00 bits per heavy atom. The number of fused-ring (bicyclic) bond motifs is 1. The normalized spacial score (nSPS) is 10.9.